The van der Waals surface area contributed by atoms with Gasteiger partial charge in [-0.3, -0.25) is 4.79 Å². The molecule has 2 aromatic carbocycles. The maximum Gasteiger partial charge on any atom is 0.407 e. The van der Waals surface area contributed by atoms with E-state index in [1.165, 1.54) is 22.5 Å². The molecule has 0 aliphatic carbocycles. The Morgan fingerprint density at radius 3 is 2.57 bits per heavy atom. The number of carbonyl (C=O) groups excluding carboxylic acids is 2. The molecule has 5 rings (SSSR count). The van der Waals surface area contributed by atoms with E-state index in [-0.39, 0.29) is 61.1 Å². The van der Waals surface area contributed by atoms with Crippen molar-refractivity contribution in [3.8, 4) is 0 Å². The molecule has 5 atom stereocenters. The van der Waals surface area contributed by atoms with Gasteiger partial charge >= 0.3 is 12.1 Å². The van der Waals surface area contributed by atoms with Crippen molar-refractivity contribution in [2.75, 3.05) is 26.3 Å². The summed E-state index contributed by atoms with van der Waals surface area (Å²) in [5.74, 6) is -0.904. The smallest absolute Gasteiger partial charge is 0.407 e. The maximum absolute atomic E-state index is 14.1. The van der Waals surface area contributed by atoms with Crippen molar-refractivity contribution >= 4 is 33.1 Å². The SMILES string of the molecule is CC(C)CN(C[C@@H](O)[C@H](Cc1ccccc1)NC(=O)O[C@H]1CO[C@H]2OCC[C@H]21)S(=O)(=O)c1ccc2onc(COC(=O)C(C)C)c2c1. The minimum absolute atomic E-state index is 0.0426. The van der Waals surface area contributed by atoms with Crippen LogP contribution in [0.2, 0.25) is 0 Å². The van der Waals surface area contributed by atoms with Crippen molar-refractivity contribution in [3.05, 3.63) is 59.8 Å². The number of esters is 1. The minimum Gasteiger partial charge on any atom is -0.459 e. The highest BCUT2D eigenvalue weighted by molar-refractivity contribution is 7.89. The summed E-state index contributed by atoms with van der Waals surface area (Å²) < 4.78 is 56.9. The Hall–Kier alpha value is -3.56. The molecule has 13 nitrogen and oxygen atoms in total. The summed E-state index contributed by atoms with van der Waals surface area (Å²) in [6.45, 7) is 7.54. The van der Waals surface area contributed by atoms with Gasteiger partial charge in [0.2, 0.25) is 10.0 Å². The minimum atomic E-state index is -4.16. The Morgan fingerprint density at radius 1 is 1.09 bits per heavy atom. The van der Waals surface area contributed by atoms with Gasteiger partial charge in [-0.2, -0.15) is 4.31 Å². The predicted molar refractivity (Wildman–Crippen MR) is 169 cm³/mol. The van der Waals surface area contributed by atoms with E-state index in [0.717, 1.165) is 5.56 Å². The molecule has 256 valence electrons. The standard InChI is InChI=1S/C33H43N3O10S/c1-20(2)16-36(47(40,41)23-10-11-29-25(15-23)27(35-46-29)18-43-31(38)21(3)4)17-28(37)26(14-22-8-6-5-7-9-22)34-33(39)45-30-19-44-32-24(30)12-13-42-32/h5-11,15,20-21,24,26,28,30,32,37H,12-14,16-19H2,1-4H3,(H,34,39)/t24-,26-,28+,30-,32+/m0/s1. The number of hydrogen-bond acceptors (Lipinski definition) is 11. The fourth-order valence-electron chi connectivity index (χ4n) is 5.72. The van der Waals surface area contributed by atoms with Crippen LogP contribution in [0.3, 0.4) is 0 Å². The third kappa shape index (κ3) is 8.49. The molecule has 0 bridgehead atoms. The summed E-state index contributed by atoms with van der Waals surface area (Å²) in [5, 5.41) is 18.7. The topological polar surface area (TPSA) is 167 Å². The molecule has 2 N–H and O–H groups in total. The Labute approximate surface area is 274 Å². The Balaban J connectivity index is 1.35. The monoisotopic (exact) mass is 673 g/mol. The number of sulfonamides is 1. The molecule has 2 aliphatic heterocycles. The highest BCUT2D eigenvalue weighted by atomic mass is 32.2. The summed E-state index contributed by atoms with van der Waals surface area (Å²) in [5.41, 5.74) is 1.46. The molecule has 1 amide bonds. The number of nitrogens with one attached hydrogen (secondary N) is 1. The first-order chi connectivity index (χ1) is 22.4. The van der Waals surface area contributed by atoms with Crippen LogP contribution in [0.1, 0.15) is 45.4 Å². The van der Waals surface area contributed by atoms with Crippen molar-refractivity contribution in [2.45, 2.75) is 76.6 Å². The number of fused-ring (bicyclic) bond motifs is 2. The molecule has 3 aromatic rings. The van der Waals surface area contributed by atoms with Crippen molar-refractivity contribution in [2.24, 2.45) is 17.8 Å². The Morgan fingerprint density at radius 2 is 1.85 bits per heavy atom. The zero-order valence-corrected chi connectivity index (χ0v) is 27.9. The van der Waals surface area contributed by atoms with Gasteiger partial charge < -0.3 is 33.9 Å². The predicted octanol–water partition coefficient (Wildman–Crippen LogP) is 3.63. The third-order valence-electron chi connectivity index (χ3n) is 8.25. The highest BCUT2D eigenvalue weighted by Crippen LogP contribution is 2.33. The van der Waals surface area contributed by atoms with Crippen LogP contribution in [0.4, 0.5) is 4.79 Å². The van der Waals surface area contributed by atoms with E-state index in [4.69, 9.17) is 23.5 Å². The van der Waals surface area contributed by atoms with Crippen LogP contribution >= 0.6 is 0 Å². The quantitative estimate of drug-likeness (QED) is 0.240. The van der Waals surface area contributed by atoms with E-state index in [2.05, 4.69) is 10.5 Å². The van der Waals surface area contributed by atoms with Gasteiger partial charge in [0.15, 0.2) is 11.9 Å². The fraction of sp³-hybridized carbons (Fsp3) is 0.545. The molecular formula is C33H43N3O10S. The van der Waals surface area contributed by atoms with Crippen LogP contribution < -0.4 is 5.32 Å². The summed E-state index contributed by atoms with van der Waals surface area (Å²) in [6.07, 6.45) is -1.96. The van der Waals surface area contributed by atoms with Crippen molar-refractivity contribution in [1.82, 2.24) is 14.8 Å². The Bertz CT molecular complexity index is 1630. The lowest BCUT2D eigenvalue weighted by molar-refractivity contribution is -0.148. The molecule has 2 aliphatic rings. The van der Waals surface area contributed by atoms with E-state index in [1.54, 1.807) is 13.8 Å². The van der Waals surface area contributed by atoms with Crippen molar-refractivity contribution in [1.29, 1.82) is 0 Å². The molecule has 47 heavy (non-hydrogen) atoms. The van der Waals surface area contributed by atoms with Crippen LogP contribution in [-0.2, 0) is 46.8 Å². The van der Waals surface area contributed by atoms with Gasteiger partial charge in [0, 0.05) is 18.5 Å². The van der Waals surface area contributed by atoms with E-state index in [1.807, 2.05) is 44.2 Å². The molecule has 1 aromatic heterocycles. The van der Waals surface area contributed by atoms with Gasteiger partial charge in [-0.1, -0.05) is 63.2 Å². The molecule has 14 heteroatoms. The lowest BCUT2D eigenvalue weighted by Gasteiger charge is -2.31. The number of aliphatic hydroxyl groups is 1. The van der Waals surface area contributed by atoms with Gasteiger partial charge in [0.1, 0.15) is 18.4 Å². The van der Waals surface area contributed by atoms with Gasteiger partial charge in [0.25, 0.3) is 0 Å². The van der Waals surface area contributed by atoms with Gasteiger partial charge in [-0.15, -0.1) is 0 Å². The number of ether oxygens (including phenoxy) is 4. The molecule has 2 saturated heterocycles. The summed E-state index contributed by atoms with van der Waals surface area (Å²) in [7, 11) is -4.16. The molecule has 0 unspecified atom stereocenters. The summed E-state index contributed by atoms with van der Waals surface area (Å²) in [4.78, 5) is 25.1. The number of amides is 1. The molecule has 0 spiro atoms. The first-order valence-electron chi connectivity index (χ1n) is 15.9. The number of rotatable bonds is 14. The first kappa shape index (κ1) is 34.8. The Kier molecular flexibility index (Phi) is 11.2. The van der Waals surface area contributed by atoms with Crippen LogP contribution in [-0.4, -0.2) is 85.9 Å². The van der Waals surface area contributed by atoms with Gasteiger partial charge in [-0.25, -0.2) is 13.2 Å². The lowest BCUT2D eigenvalue weighted by Crippen LogP contribution is -2.51. The van der Waals surface area contributed by atoms with Gasteiger partial charge in [0.05, 0.1) is 42.1 Å². The van der Waals surface area contributed by atoms with E-state index in [0.29, 0.717) is 24.0 Å². The molecule has 0 saturated carbocycles. The second-order valence-electron chi connectivity index (χ2n) is 12.7. The molecule has 2 fully saturated rings. The first-order valence-corrected chi connectivity index (χ1v) is 17.3. The second kappa shape index (κ2) is 15.1. The largest absolute Gasteiger partial charge is 0.459 e. The van der Waals surface area contributed by atoms with E-state index in [9.17, 15) is 23.1 Å². The van der Waals surface area contributed by atoms with E-state index >= 15 is 0 Å². The number of aromatic nitrogens is 1. The molecular weight excluding hydrogens is 630 g/mol. The fourth-order valence-corrected chi connectivity index (χ4v) is 7.37. The second-order valence-corrected chi connectivity index (χ2v) is 14.7. The molecule has 0 radical (unpaired) electrons. The number of aliphatic hydroxyl groups excluding tert-OH is 1. The van der Waals surface area contributed by atoms with Crippen LogP contribution in [0.5, 0.6) is 0 Å². The zero-order chi connectivity index (χ0) is 33.7. The average Bonchev–Trinajstić information content (AvgIpc) is 3.76. The number of hydrogen-bond donors (Lipinski definition) is 2. The number of nitrogens with zero attached hydrogens (tertiary/aromatic N) is 2. The van der Waals surface area contributed by atoms with Crippen molar-refractivity contribution in [3.63, 3.8) is 0 Å². The van der Waals surface area contributed by atoms with Crippen LogP contribution in [0.25, 0.3) is 11.0 Å². The van der Waals surface area contributed by atoms with Crippen molar-refractivity contribution < 1.29 is 46.6 Å². The van der Waals surface area contributed by atoms with E-state index < -0.39 is 46.6 Å². The average molecular weight is 674 g/mol. The number of carbonyl (C=O) groups is 2. The number of benzene rings is 2. The highest BCUT2D eigenvalue weighted by Gasteiger charge is 2.44. The van der Waals surface area contributed by atoms with Gasteiger partial charge in [-0.05, 0) is 42.5 Å². The van der Waals surface area contributed by atoms with Crippen LogP contribution in [0.15, 0.2) is 57.9 Å². The summed E-state index contributed by atoms with van der Waals surface area (Å²) in [6, 6.07) is 12.7. The zero-order valence-electron chi connectivity index (χ0n) is 27.0. The maximum atomic E-state index is 14.1. The molecule has 3 heterocycles. The third-order valence-corrected chi connectivity index (χ3v) is 10.1. The van der Waals surface area contributed by atoms with Crippen LogP contribution in [0, 0.1) is 17.8 Å². The lowest BCUT2D eigenvalue weighted by atomic mass is 10.0. The summed E-state index contributed by atoms with van der Waals surface area (Å²) >= 11 is 0. The normalized spacial score (nSPS) is 20.9. The number of alkyl carbamates (subject to hydrolysis) is 1.